The van der Waals surface area contributed by atoms with Crippen LogP contribution in [0.3, 0.4) is 0 Å². The molecule has 0 saturated carbocycles. The van der Waals surface area contributed by atoms with Crippen molar-refractivity contribution in [3.63, 3.8) is 0 Å². The lowest BCUT2D eigenvalue weighted by Crippen LogP contribution is -2.28. The first-order chi connectivity index (χ1) is 7.20. The van der Waals surface area contributed by atoms with Gasteiger partial charge in [-0.2, -0.15) is 0 Å². The van der Waals surface area contributed by atoms with Gasteiger partial charge in [0.15, 0.2) is 5.82 Å². The zero-order valence-electron chi connectivity index (χ0n) is 8.37. The van der Waals surface area contributed by atoms with Gasteiger partial charge in [-0.05, 0) is 25.0 Å². The van der Waals surface area contributed by atoms with Gasteiger partial charge in [0.05, 0.1) is 11.3 Å². The molecule has 0 aromatic heterocycles. The summed E-state index contributed by atoms with van der Waals surface area (Å²) in [7, 11) is 0. The van der Waals surface area contributed by atoms with Crippen LogP contribution in [0.2, 0.25) is 0 Å². The lowest BCUT2D eigenvalue weighted by atomic mass is 10.1. The van der Waals surface area contributed by atoms with Crippen LogP contribution in [0.15, 0.2) is 18.2 Å². The molecule has 0 spiro atoms. The number of halogens is 1. The van der Waals surface area contributed by atoms with Crippen molar-refractivity contribution in [3.8, 4) is 0 Å². The molecular formula is C11H13FN2O. The minimum atomic E-state index is -0.602. The van der Waals surface area contributed by atoms with Gasteiger partial charge in [0.1, 0.15) is 0 Å². The Hall–Kier alpha value is -1.58. The summed E-state index contributed by atoms with van der Waals surface area (Å²) in [5.74, 6) is -0.855. The van der Waals surface area contributed by atoms with Crippen molar-refractivity contribution < 1.29 is 9.18 Å². The first-order valence-electron chi connectivity index (χ1n) is 5.03. The summed E-state index contributed by atoms with van der Waals surface area (Å²) in [6.07, 6.45) is 1.99. The minimum Gasteiger partial charge on any atom is -0.396 e. The summed E-state index contributed by atoms with van der Waals surface area (Å²) in [6.45, 7) is 1.43. The molecule has 0 aliphatic carbocycles. The Kier molecular flexibility index (Phi) is 2.58. The van der Waals surface area contributed by atoms with E-state index in [-0.39, 0.29) is 17.2 Å². The molecule has 0 unspecified atom stereocenters. The molecule has 2 N–H and O–H groups in total. The van der Waals surface area contributed by atoms with E-state index in [1.165, 1.54) is 12.1 Å². The standard InChI is InChI=1S/C11H13FN2O/c12-10-8(4-3-5-9(10)13)11(15)14-6-1-2-7-14/h3-5H,1-2,6-7,13H2. The molecule has 2 rings (SSSR count). The number of benzene rings is 1. The molecule has 0 radical (unpaired) electrons. The summed E-state index contributed by atoms with van der Waals surface area (Å²) in [6, 6.07) is 4.53. The van der Waals surface area contributed by atoms with Gasteiger partial charge in [-0.1, -0.05) is 6.07 Å². The smallest absolute Gasteiger partial charge is 0.256 e. The highest BCUT2D eigenvalue weighted by atomic mass is 19.1. The van der Waals surface area contributed by atoms with Gasteiger partial charge in [-0.25, -0.2) is 4.39 Å². The van der Waals surface area contributed by atoms with E-state index in [4.69, 9.17) is 5.73 Å². The molecule has 1 aromatic rings. The Morgan fingerprint density at radius 1 is 1.33 bits per heavy atom. The predicted octanol–water partition coefficient (Wildman–Crippen LogP) is 1.64. The molecule has 3 nitrogen and oxygen atoms in total. The van der Waals surface area contributed by atoms with E-state index in [1.807, 2.05) is 0 Å². The lowest BCUT2D eigenvalue weighted by molar-refractivity contribution is 0.0788. The molecule has 15 heavy (non-hydrogen) atoms. The Balaban J connectivity index is 2.28. The van der Waals surface area contributed by atoms with Crippen LogP contribution in [-0.2, 0) is 0 Å². The van der Waals surface area contributed by atoms with Crippen LogP contribution < -0.4 is 5.73 Å². The molecule has 1 heterocycles. The molecule has 1 aliphatic heterocycles. The van der Waals surface area contributed by atoms with Gasteiger partial charge in [-0.3, -0.25) is 4.79 Å². The average Bonchev–Trinajstić information content (AvgIpc) is 2.74. The van der Waals surface area contributed by atoms with Crippen molar-refractivity contribution in [1.82, 2.24) is 4.90 Å². The second-order valence-electron chi connectivity index (χ2n) is 3.71. The van der Waals surface area contributed by atoms with Crippen LogP contribution in [0, 0.1) is 5.82 Å². The van der Waals surface area contributed by atoms with E-state index in [2.05, 4.69) is 0 Å². The maximum atomic E-state index is 13.5. The average molecular weight is 208 g/mol. The van der Waals surface area contributed by atoms with Crippen molar-refractivity contribution >= 4 is 11.6 Å². The summed E-state index contributed by atoms with van der Waals surface area (Å²) in [4.78, 5) is 13.5. The van der Waals surface area contributed by atoms with E-state index in [0.717, 1.165) is 12.8 Å². The number of nitrogens with zero attached hydrogens (tertiary/aromatic N) is 1. The van der Waals surface area contributed by atoms with E-state index in [0.29, 0.717) is 13.1 Å². The van der Waals surface area contributed by atoms with E-state index < -0.39 is 5.82 Å². The molecule has 0 atom stereocenters. The van der Waals surface area contributed by atoms with Crippen LogP contribution in [0.5, 0.6) is 0 Å². The minimum absolute atomic E-state index is 0.0278. The number of rotatable bonds is 1. The zero-order valence-corrected chi connectivity index (χ0v) is 8.37. The highest BCUT2D eigenvalue weighted by Gasteiger charge is 2.22. The normalized spacial score (nSPS) is 15.7. The lowest BCUT2D eigenvalue weighted by Gasteiger charge is -2.15. The van der Waals surface area contributed by atoms with Crippen LogP contribution in [0.1, 0.15) is 23.2 Å². The number of carbonyl (C=O) groups is 1. The third-order valence-corrected chi connectivity index (χ3v) is 2.65. The molecule has 1 fully saturated rings. The van der Waals surface area contributed by atoms with Crippen LogP contribution in [0.25, 0.3) is 0 Å². The summed E-state index contributed by atoms with van der Waals surface area (Å²) in [5.41, 5.74) is 5.52. The number of hydrogen-bond acceptors (Lipinski definition) is 2. The largest absolute Gasteiger partial charge is 0.396 e. The molecule has 1 amide bonds. The Morgan fingerprint density at radius 3 is 2.67 bits per heavy atom. The van der Waals surface area contributed by atoms with Crippen molar-refractivity contribution in [3.05, 3.63) is 29.6 Å². The zero-order chi connectivity index (χ0) is 10.8. The number of likely N-dealkylation sites (tertiary alicyclic amines) is 1. The van der Waals surface area contributed by atoms with E-state index >= 15 is 0 Å². The molecular weight excluding hydrogens is 195 g/mol. The van der Waals surface area contributed by atoms with Gasteiger partial charge in [-0.15, -0.1) is 0 Å². The fraction of sp³-hybridized carbons (Fsp3) is 0.364. The topological polar surface area (TPSA) is 46.3 Å². The van der Waals surface area contributed by atoms with Gasteiger partial charge < -0.3 is 10.6 Å². The summed E-state index contributed by atoms with van der Waals surface area (Å²) in [5, 5.41) is 0. The number of anilines is 1. The maximum absolute atomic E-state index is 13.5. The second kappa shape index (κ2) is 3.88. The van der Waals surface area contributed by atoms with Gasteiger partial charge >= 0.3 is 0 Å². The van der Waals surface area contributed by atoms with Crippen LogP contribution in [-0.4, -0.2) is 23.9 Å². The van der Waals surface area contributed by atoms with Gasteiger partial charge in [0.2, 0.25) is 0 Å². The number of nitrogen functional groups attached to an aromatic ring is 1. The second-order valence-corrected chi connectivity index (χ2v) is 3.71. The molecule has 80 valence electrons. The van der Waals surface area contributed by atoms with Crippen molar-refractivity contribution in [2.45, 2.75) is 12.8 Å². The Bertz CT molecular complexity index is 386. The van der Waals surface area contributed by atoms with E-state index in [1.54, 1.807) is 11.0 Å². The van der Waals surface area contributed by atoms with Crippen molar-refractivity contribution in [2.75, 3.05) is 18.8 Å². The van der Waals surface area contributed by atoms with Crippen LogP contribution in [0.4, 0.5) is 10.1 Å². The van der Waals surface area contributed by atoms with Gasteiger partial charge in [0, 0.05) is 13.1 Å². The van der Waals surface area contributed by atoms with Crippen molar-refractivity contribution in [2.24, 2.45) is 0 Å². The summed E-state index contributed by atoms with van der Waals surface area (Å²) >= 11 is 0. The van der Waals surface area contributed by atoms with Crippen LogP contribution >= 0.6 is 0 Å². The molecule has 1 aliphatic rings. The highest BCUT2D eigenvalue weighted by Crippen LogP contribution is 2.18. The number of nitrogens with two attached hydrogens (primary N) is 1. The first kappa shape index (κ1) is 9.96. The molecule has 1 aromatic carbocycles. The van der Waals surface area contributed by atoms with Gasteiger partial charge in [0.25, 0.3) is 5.91 Å². The number of hydrogen-bond donors (Lipinski definition) is 1. The SMILES string of the molecule is Nc1cccc(C(=O)N2CCCC2)c1F. The Morgan fingerprint density at radius 2 is 2.00 bits per heavy atom. The Labute approximate surface area is 87.7 Å². The monoisotopic (exact) mass is 208 g/mol. The van der Waals surface area contributed by atoms with Crippen molar-refractivity contribution in [1.29, 1.82) is 0 Å². The fourth-order valence-corrected chi connectivity index (χ4v) is 1.81. The fourth-order valence-electron chi connectivity index (χ4n) is 1.81. The molecule has 1 saturated heterocycles. The molecule has 0 bridgehead atoms. The first-order valence-corrected chi connectivity index (χ1v) is 5.03. The summed E-state index contributed by atoms with van der Waals surface area (Å²) < 4.78 is 13.5. The van der Waals surface area contributed by atoms with E-state index in [9.17, 15) is 9.18 Å². The number of carbonyl (C=O) groups excluding carboxylic acids is 1. The molecule has 4 heteroatoms. The quantitative estimate of drug-likeness (QED) is 0.713. The number of amides is 1. The highest BCUT2D eigenvalue weighted by molar-refractivity contribution is 5.95. The third kappa shape index (κ3) is 1.79. The predicted molar refractivity (Wildman–Crippen MR) is 55.9 cm³/mol. The maximum Gasteiger partial charge on any atom is 0.256 e. The third-order valence-electron chi connectivity index (χ3n) is 2.65.